The van der Waals surface area contributed by atoms with E-state index in [4.69, 9.17) is 16.9 Å². The Labute approximate surface area is 77.6 Å². The van der Waals surface area contributed by atoms with Crippen LogP contribution in [0.5, 0.6) is 0 Å². The van der Waals surface area contributed by atoms with Crippen LogP contribution in [0.15, 0.2) is 18.2 Å². The van der Waals surface area contributed by atoms with Crippen LogP contribution in [0.2, 0.25) is 5.02 Å². The Bertz CT molecular complexity index is 323. The van der Waals surface area contributed by atoms with Gasteiger partial charge < -0.3 is 0 Å². The molecule has 0 amide bonds. The van der Waals surface area contributed by atoms with Crippen molar-refractivity contribution >= 4 is 11.6 Å². The smallest absolute Gasteiger partial charge is 0.0780 e. The average Bonchev–Trinajstić information content (AvgIpc) is 2.05. The molecule has 0 bridgehead atoms. The van der Waals surface area contributed by atoms with Gasteiger partial charge in [0.2, 0.25) is 0 Å². The fourth-order valence-electron chi connectivity index (χ4n) is 0.977. The van der Waals surface area contributed by atoms with E-state index in [1.54, 1.807) is 12.1 Å². The summed E-state index contributed by atoms with van der Waals surface area (Å²) in [6.45, 7) is 3.68. The summed E-state index contributed by atoms with van der Waals surface area (Å²) in [5.41, 5.74) is 0.331. The number of rotatable bonds is 1. The maximum atomic E-state index is 8.85. The summed E-state index contributed by atoms with van der Waals surface area (Å²) in [4.78, 5) is 0. The predicted molar refractivity (Wildman–Crippen MR) is 48.9 cm³/mol. The van der Waals surface area contributed by atoms with E-state index in [1.165, 1.54) is 0 Å². The lowest BCUT2D eigenvalue weighted by Gasteiger charge is -2.16. The van der Waals surface area contributed by atoms with Crippen molar-refractivity contribution in [2.45, 2.75) is 19.3 Å². The summed E-state index contributed by atoms with van der Waals surface area (Å²) in [6, 6.07) is 10.3. The molecule has 0 N–H and O–H groups in total. The summed E-state index contributed by atoms with van der Waals surface area (Å²) < 4.78 is 0. The first-order chi connectivity index (χ1) is 5.58. The Morgan fingerprint density at radius 3 is 2.75 bits per heavy atom. The van der Waals surface area contributed by atoms with Crippen LogP contribution in [-0.4, -0.2) is 0 Å². The molecule has 1 rings (SSSR count). The molecule has 0 heterocycles. The van der Waals surface area contributed by atoms with E-state index in [1.807, 2.05) is 19.9 Å². The van der Waals surface area contributed by atoms with Crippen LogP contribution in [-0.2, 0) is 5.41 Å². The van der Waals surface area contributed by atoms with Crippen molar-refractivity contribution < 1.29 is 0 Å². The van der Waals surface area contributed by atoms with Gasteiger partial charge in [-0.1, -0.05) is 23.7 Å². The first kappa shape index (κ1) is 9.09. The van der Waals surface area contributed by atoms with Crippen LogP contribution in [0.1, 0.15) is 19.4 Å². The molecule has 1 aromatic rings. The second kappa shape index (κ2) is 3.16. The minimum Gasteiger partial charge on any atom is -0.197 e. The molecule has 1 nitrogen and oxygen atoms in total. The summed E-state index contributed by atoms with van der Waals surface area (Å²) >= 11 is 5.91. The summed E-state index contributed by atoms with van der Waals surface area (Å²) in [5, 5.41) is 9.45. The molecule has 0 aliphatic heterocycles. The van der Waals surface area contributed by atoms with Crippen molar-refractivity contribution in [2.24, 2.45) is 0 Å². The van der Waals surface area contributed by atoms with Gasteiger partial charge in [-0.15, -0.1) is 0 Å². The van der Waals surface area contributed by atoms with Crippen molar-refractivity contribution in [3.8, 4) is 6.07 Å². The molecule has 61 valence electrons. The first-order valence-electron chi connectivity index (χ1n) is 3.65. The second-order valence-corrected chi connectivity index (χ2v) is 3.55. The van der Waals surface area contributed by atoms with Crippen molar-refractivity contribution in [1.29, 1.82) is 5.26 Å². The van der Waals surface area contributed by atoms with Crippen LogP contribution in [0.3, 0.4) is 0 Å². The third-order valence-corrected chi connectivity index (χ3v) is 2.08. The van der Waals surface area contributed by atoms with Gasteiger partial charge in [0, 0.05) is 5.02 Å². The molecule has 0 saturated carbocycles. The lowest BCUT2D eigenvalue weighted by molar-refractivity contribution is 0.687. The molecule has 0 atom stereocenters. The second-order valence-electron chi connectivity index (χ2n) is 3.14. The van der Waals surface area contributed by atoms with Crippen LogP contribution in [0, 0.1) is 17.4 Å². The topological polar surface area (TPSA) is 23.8 Å². The minimum absolute atomic E-state index is 0.522. The van der Waals surface area contributed by atoms with E-state index in [-0.39, 0.29) is 0 Å². The normalized spacial score (nSPS) is 10.8. The maximum absolute atomic E-state index is 8.85. The molecule has 2 heteroatoms. The summed E-state index contributed by atoms with van der Waals surface area (Å²) in [7, 11) is 0. The van der Waals surface area contributed by atoms with Gasteiger partial charge in [-0.25, -0.2) is 0 Å². The van der Waals surface area contributed by atoms with Gasteiger partial charge in [0.1, 0.15) is 0 Å². The molecule has 0 spiro atoms. The number of hydrogen-bond donors (Lipinski definition) is 0. The highest BCUT2D eigenvalue weighted by Gasteiger charge is 2.21. The summed E-state index contributed by atoms with van der Waals surface area (Å²) in [6.07, 6.45) is 0. The van der Waals surface area contributed by atoms with Gasteiger partial charge in [0.25, 0.3) is 0 Å². The molecular weight excluding hydrogens is 170 g/mol. The highest BCUT2D eigenvalue weighted by Crippen LogP contribution is 2.28. The Morgan fingerprint density at radius 1 is 1.58 bits per heavy atom. The highest BCUT2D eigenvalue weighted by molar-refractivity contribution is 6.31. The standard InChI is InChI=1S/C10H9ClN/c1-10(2,7-12)8-5-3-4-6-9(8)11/h3,5-6H,1-2H3. The molecule has 1 radical (unpaired) electrons. The van der Waals surface area contributed by atoms with Crippen LogP contribution >= 0.6 is 11.6 Å². The molecule has 0 fully saturated rings. The molecule has 12 heavy (non-hydrogen) atoms. The van der Waals surface area contributed by atoms with Gasteiger partial charge in [0.05, 0.1) is 11.5 Å². The Balaban J connectivity index is 3.22. The molecule has 0 aromatic heterocycles. The van der Waals surface area contributed by atoms with E-state index in [2.05, 4.69) is 12.1 Å². The van der Waals surface area contributed by atoms with E-state index in [9.17, 15) is 0 Å². The third kappa shape index (κ3) is 1.60. The van der Waals surface area contributed by atoms with Gasteiger partial charge >= 0.3 is 0 Å². The summed E-state index contributed by atoms with van der Waals surface area (Å²) in [5.74, 6) is 0. The van der Waals surface area contributed by atoms with E-state index < -0.39 is 5.41 Å². The van der Waals surface area contributed by atoms with E-state index >= 15 is 0 Å². The van der Waals surface area contributed by atoms with Crippen molar-refractivity contribution in [1.82, 2.24) is 0 Å². The Morgan fingerprint density at radius 2 is 2.25 bits per heavy atom. The molecular formula is C10H9ClN. The van der Waals surface area contributed by atoms with Crippen molar-refractivity contribution in [2.75, 3.05) is 0 Å². The van der Waals surface area contributed by atoms with E-state index in [0.29, 0.717) is 5.02 Å². The average molecular weight is 179 g/mol. The third-order valence-electron chi connectivity index (χ3n) is 1.77. The zero-order valence-electron chi connectivity index (χ0n) is 7.06. The van der Waals surface area contributed by atoms with Crippen LogP contribution in [0.4, 0.5) is 0 Å². The molecule has 0 aliphatic rings. The monoisotopic (exact) mass is 178 g/mol. The number of nitriles is 1. The number of hydrogen-bond acceptors (Lipinski definition) is 1. The molecule has 0 saturated heterocycles. The van der Waals surface area contributed by atoms with Gasteiger partial charge in [0.15, 0.2) is 0 Å². The quantitative estimate of drug-likeness (QED) is 0.649. The number of nitrogens with zero attached hydrogens (tertiary/aromatic N) is 1. The Kier molecular flexibility index (Phi) is 2.40. The molecule has 1 aromatic carbocycles. The lowest BCUT2D eigenvalue weighted by Crippen LogP contribution is -2.14. The van der Waals surface area contributed by atoms with Crippen molar-refractivity contribution in [3.63, 3.8) is 0 Å². The van der Waals surface area contributed by atoms with Crippen molar-refractivity contribution in [3.05, 3.63) is 34.9 Å². The fourth-order valence-corrected chi connectivity index (χ4v) is 1.34. The molecule has 0 unspecified atom stereocenters. The maximum Gasteiger partial charge on any atom is 0.0780 e. The van der Waals surface area contributed by atoms with Crippen LogP contribution in [0.25, 0.3) is 0 Å². The Hall–Kier alpha value is -1.00. The van der Waals surface area contributed by atoms with Gasteiger partial charge in [-0.3, -0.25) is 0 Å². The SMILES string of the molecule is CC(C)(C#N)c1cc[c]cc1Cl. The number of halogens is 1. The fraction of sp³-hybridized carbons (Fsp3) is 0.300. The zero-order valence-corrected chi connectivity index (χ0v) is 7.81. The predicted octanol–water partition coefficient (Wildman–Crippen LogP) is 2.94. The van der Waals surface area contributed by atoms with Gasteiger partial charge in [-0.2, -0.15) is 5.26 Å². The zero-order chi connectivity index (χ0) is 9.19. The molecule has 0 aliphatic carbocycles. The largest absolute Gasteiger partial charge is 0.197 e. The van der Waals surface area contributed by atoms with E-state index in [0.717, 1.165) is 5.56 Å². The first-order valence-corrected chi connectivity index (χ1v) is 4.03. The highest BCUT2D eigenvalue weighted by atomic mass is 35.5. The number of benzene rings is 1. The lowest BCUT2D eigenvalue weighted by atomic mass is 9.86. The van der Waals surface area contributed by atoms with Gasteiger partial charge in [-0.05, 0) is 31.5 Å². The minimum atomic E-state index is -0.522. The van der Waals surface area contributed by atoms with Crippen LogP contribution < -0.4 is 0 Å².